The zero-order chi connectivity index (χ0) is 10.9. The lowest BCUT2D eigenvalue weighted by Crippen LogP contribution is -2.12. The average Bonchev–Trinajstić information content (AvgIpc) is 2.01. The van der Waals surface area contributed by atoms with Crippen molar-refractivity contribution in [2.24, 2.45) is 5.73 Å². The van der Waals surface area contributed by atoms with Crippen LogP contribution in [0, 0.1) is 6.92 Å². The van der Waals surface area contributed by atoms with E-state index in [4.69, 9.17) is 5.73 Å². The van der Waals surface area contributed by atoms with Gasteiger partial charge in [-0.3, -0.25) is 0 Å². The number of thiol groups is 1. The lowest BCUT2D eigenvalue weighted by atomic mass is 9.85. The van der Waals surface area contributed by atoms with Crippen LogP contribution in [0.25, 0.3) is 0 Å². The van der Waals surface area contributed by atoms with Gasteiger partial charge in [0.1, 0.15) is 0 Å². The maximum absolute atomic E-state index is 5.74. The molecular formula is C12H19NS. The van der Waals surface area contributed by atoms with Gasteiger partial charge in [-0.2, -0.15) is 12.6 Å². The number of hydrogen-bond donors (Lipinski definition) is 2. The van der Waals surface area contributed by atoms with Crippen molar-refractivity contribution in [2.75, 3.05) is 0 Å². The van der Waals surface area contributed by atoms with Crippen LogP contribution in [0.15, 0.2) is 18.2 Å². The minimum absolute atomic E-state index is 0.177. The van der Waals surface area contributed by atoms with Gasteiger partial charge in [-0.05, 0) is 29.0 Å². The smallest absolute Gasteiger partial charge is 0.0737 e. The zero-order valence-corrected chi connectivity index (χ0v) is 10.2. The summed E-state index contributed by atoms with van der Waals surface area (Å²) in [7, 11) is 0. The van der Waals surface area contributed by atoms with Crippen LogP contribution in [0.4, 0.5) is 0 Å². The maximum atomic E-state index is 5.74. The summed E-state index contributed by atoms with van der Waals surface area (Å²) in [5.74, 6) is 0. The third-order valence-electron chi connectivity index (χ3n) is 2.45. The van der Waals surface area contributed by atoms with Crippen LogP contribution in [0.3, 0.4) is 0 Å². The van der Waals surface area contributed by atoms with Crippen LogP contribution in [0.2, 0.25) is 0 Å². The van der Waals surface area contributed by atoms with Gasteiger partial charge >= 0.3 is 0 Å². The SMILES string of the molecule is Cc1cc(C(C)(C)C)ccc1C(N)S. The molecule has 1 aromatic rings. The van der Waals surface area contributed by atoms with Crippen LogP contribution in [0.5, 0.6) is 0 Å². The third kappa shape index (κ3) is 2.52. The van der Waals surface area contributed by atoms with E-state index >= 15 is 0 Å². The van der Waals surface area contributed by atoms with Crippen molar-refractivity contribution in [3.05, 3.63) is 34.9 Å². The van der Waals surface area contributed by atoms with Crippen molar-refractivity contribution in [3.8, 4) is 0 Å². The quantitative estimate of drug-likeness (QED) is 0.539. The Morgan fingerprint density at radius 3 is 2.21 bits per heavy atom. The summed E-state index contributed by atoms with van der Waals surface area (Å²) in [5.41, 5.74) is 9.61. The van der Waals surface area contributed by atoms with Gasteiger partial charge in [-0.15, -0.1) is 0 Å². The minimum atomic E-state index is -0.177. The van der Waals surface area contributed by atoms with Gasteiger partial charge in [0, 0.05) is 0 Å². The van der Waals surface area contributed by atoms with E-state index in [1.54, 1.807) is 0 Å². The summed E-state index contributed by atoms with van der Waals surface area (Å²) in [6, 6.07) is 6.41. The van der Waals surface area contributed by atoms with Crippen molar-refractivity contribution >= 4 is 12.6 Å². The second kappa shape index (κ2) is 3.95. The number of aryl methyl sites for hydroxylation is 1. The van der Waals surface area contributed by atoms with Crippen molar-refractivity contribution in [3.63, 3.8) is 0 Å². The Labute approximate surface area is 92.1 Å². The molecule has 1 aromatic carbocycles. The Balaban J connectivity index is 3.13. The topological polar surface area (TPSA) is 26.0 Å². The second-order valence-electron chi connectivity index (χ2n) is 4.77. The molecule has 0 spiro atoms. The first-order valence-electron chi connectivity index (χ1n) is 4.87. The highest BCUT2D eigenvalue weighted by atomic mass is 32.1. The Bertz CT molecular complexity index is 324. The molecule has 0 aliphatic carbocycles. The molecule has 0 bridgehead atoms. The summed E-state index contributed by atoms with van der Waals surface area (Å²) in [6.45, 7) is 8.72. The van der Waals surface area contributed by atoms with E-state index in [9.17, 15) is 0 Å². The second-order valence-corrected chi connectivity index (χ2v) is 5.32. The van der Waals surface area contributed by atoms with Gasteiger partial charge in [-0.25, -0.2) is 0 Å². The number of rotatable bonds is 1. The molecule has 78 valence electrons. The van der Waals surface area contributed by atoms with Crippen molar-refractivity contribution in [2.45, 2.75) is 38.5 Å². The van der Waals surface area contributed by atoms with E-state index in [1.165, 1.54) is 11.1 Å². The molecule has 1 nitrogen and oxygen atoms in total. The minimum Gasteiger partial charge on any atom is -0.316 e. The third-order valence-corrected chi connectivity index (χ3v) is 2.73. The lowest BCUT2D eigenvalue weighted by Gasteiger charge is -2.21. The Hall–Kier alpha value is -0.470. The fourth-order valence-corrected chi connectivity index (χ4v) is 1.76. The molecule has 0 aromatic heterocycles. The van der Waals surface area contributed by atoms with E-state index in [0.717, 1.165) is 5.56 Å². The van der Waals surface area contributed by atoms with E-state index in [-0.39, 0.29) is 10.8 Å². The highest BCUT2D eigenvalue weighted by Gasteiger charge is 2.15. The largest absolute Gasteiger partial charge is 0.316 e. The van der Waals surface area contributed by atoms with Gasteiger partial charge in [0.15, 0.2) is 0 Å². The van der Waals surface area contributed by atoms with Gasteiger partial charge in [0.25, 0.3) is 0 Å². The molecule has 0 saturated carbocycles. The first-order chi connectivity index (χ1) is 6.32. The predicted octanol–water partition coefficient (Wildman–Crippen LogP) is 3.18. The molecule has 1 unspecified atom stereocenters. The lowest BCUT2D eigenvalue weighted by molar-refractivity contribution is 0.589. The maximum Gasteiger partial charge on any atom is 0.0737 e. The fourth-order valence-electron chi connectivity index (χ4n) is 1.47. The van der Waals surface area contributed by atoms with Crippen LogP contribution in [0.1, 0.15) is 42.8 Å². The van der Waals surface area contributed by atoms with Gasteiger partial charge in [0.05, 0.1) is 5.37 Å². The summed E-state index contributed by atoms with van der Waals surface area (Å²) < 4.78 is 0. The molecule has 0 amide bonds. The summed E-state index contributed by atoms with van der Waals surface area (Å²) in [5, 5.41) is -0.177. The molecule has 1 atom stereocenters. The fraction of sp³-hybridized carbons (Fsp3) is 0.500. The van der Waals surface area contributed by atoms with Crippen molar-refractivity contribution in [1.29, 1.82) is 0 Å². The average molecular weight is 209 g/mol. The first-order valence-corrected chi connectivity index (χ1v) is 5.38. The van der Waals surface area contributed by atoms with E-state index in [2.05, 4.69) is 58.5 Å². The van der Waals surface area contributed by atoms with Gasteiger partial charge in [-0.1, -0.05) is 39.0 Å². The summed E-state index contributed by atoms with van der Waals surface area (Å²) in [4.78, 5) is 0. The highest BCUT2D eigenvalue weighted by Crippen LogP contribution is 2.26. The molecule has 0 aliphatic rings. The molecule has 0 heterocycles. The number of nitrogens with two attached hydrogens (primary N) is 1. The van der Waals surface area contributed by atoms with Crippen LogP contribution < -0.4 is 5.73 Å². The number of benzene rings is 1. The van der Waals surface area contributed by atoms with E-state index in [0.29, 0.717) is 0 Å². The van der Waals surface area contributed by atoms with Crippen LogP contribution in [-0.2, 0) is 5.41 Å². The molecule has 0 radical (unpaired) electrons. The Morgan fingerprint density at radius 1 is 1.29 bits per heavy atom. The zero-order valence-electron chi connectivity index (χ0n) is 9.33. The molecule has 0 saturated heterocycles. The summed E-state index contributed by atoms with van der Waals surface area (Å²) in [6.07, 6.45) is 0. The van der Waals surface area contributed by atoms with E-state index in [1.807, 2.05) is 0 Å². The van der Waals surface area contributed by atoms with Gasteiger partial charge in [0.2, 0.25) is 0 Å². The Kier molecular flexibility index (Phi) is 3.28. The molecule has 0 fully saturated rings. The van der Waals surface area contributed by atoms with Crippen LogP contribution in [-0.4, -0.2) is 0 Å². The van der Waals surface area contributed by atoms with Crippen molar-refractivity contribution < 1.29 is 0 Å². The van der Waals surface area contributed by atoms with Gasteiger partial charge < -0.3 is 5.73 Å². The molecule has 2 heteroatoms. The summed E-state index contributed by atoms with van der Waals surface area (Å²) >= 11 is 4.24. The molecule has 2 N–H and O–H groups in total. The van der Waals surface area contributed by atoms with E-state index < -0.39 is 0 Å². The predicted molar refractivity (Wildman–Crippen MR) is 65.8 cm³/mol. The normalized spacial score (nSPS) is 14.1. The van der Waals surface area contributed by atoms with Crippen LogP contribution >= 0.6 is 12.6 Å². The molecule has 14 heavy (non-hydrogen) atoms. The van der Waals surface area contributed by atoms with Crippen molar-refractivity contribution in [1.82, 2.24) is 0 Å². The molecule has 1 rings (SSSR count). The highest BCUT2D eigenvalue weighted by molar-refractivity contribution is 7.80. The first kappa shape index (κ1) is 11.6. The number of hydrogen-bond acceptors (Lipinski definition) is 2. The molecule has 0 aliphatic heterocycles. The molecular weight excluding hydrogens is 190 g/mol. The monoisotopic (exact) mass is 209 g/mol. The standard InChI is InChI=1S/C12H19NS/c1-8-7-9(12(2,3)4)5-6-10(8)11(13)14/h5-7,11,14H,13H2,1-4H3. The Morgan fingerprint density at radius 2 is 1.86 bits per heavy atom.